The molecule has 0 aliphatic heterocycles. The van der Waals surface area contributed by atoms with Crippen LogP contribution in [0.15, 0.2) is 0 Å². The van der Waals surface area contributed by atoms with Crippen LogP contribution in [0, 0.1) is 17.8 Å². The van der Waals surface area contributed by atoms with E-state index in [1.807, 2.05) is 27.7 Å². The van der Waals surface area contributed by atoms with Crippen LogP contribution in [0.4, 0.5) is 0 Å². The Hall–Kier alpha value is -0.870. The third-order valence-electron chi connectivity index (χ3n) is 3.43. The first kappa shape index (κ1) is 22.1. The summed E-state index contributed by atoms with van der Waals surface area (Å²) in [4.78, 5) is 24.5. The molecule has 0 spiro atoms. The van der Waals surface area contributed by atoms with Crippen LogP contribution in [0.3, 0.4) is 0 Å². The molecule has 0 heterocycles. The Morgan fingerprint density at radius 3 is 2.04 bits per heavy atom. The SMILES string of the molecule is CCO[PH](=O)CC(CC(C)C)C(=O)N[C@@H](CC(C)C)C(=O)NC. The second-order valence-electron chi connectivity index (χ2n) is 6.64. The molecule has 3 atom stereocenters. The maximum Gasteiger partial charge on any atom is 0.242 e. The summed E-state index contributed by atoms with van der Waals surface area (Å²) in [6, 6.07) is -0.559. The van der Waals surface area contributed by atoms with Gasteiger partial charge in [0.15, 0.2) is 8.03 Å². The Morgan fingerprint density at radius 2 is 1.61 bits per heavy atom. The third-order valence-corrected chi connectivity index (χ3v) is 4.87. The van der Waals surface area contributed by atoms with E-state index in [-0.39, 0.29) is 23.9 Å². The molecule has 0 bridgehead atoms. The minimum atomic E-state index is -2.22. The molecule has 23 heavy (non-hydrogen) atoms. The summed E-state index contributed by atoms with van der Waals surface area (Å²) in [6.45, 7) is 10.2. The topological polar surface area (TPSA) is 84.5 Å². The molecule has 0 aliphatic rings. The van der Waals surface area contributed by atoms with Crippen molar-refractivity contribution in [1.29, 1.82) is 0 Å². The van der Waals surface area contributed by atoms with Crippen LogP contribution in [0.25, 0.3) is 0 Å². The molecular weight excluding hydrogens is 315 g/mol. The highest BCUT2D eigenvalue weighted by Gasteiger charge is 2.27. The van der Waals surface area contributed by atoms with E-state index in [1.54, 1.807) is 14.0 Å². The molecule has 6 nitrogen and oxygen atoms in total. The molecule has 0 aliphatic carbocycles. The van der Waals surface area contributed by atoms with Crippen LogP contribution in [0.5, 0.6) is 0 Å². The number of carbonyl (C=O) groups is 2. The second kappa shape index (κ2) is 11.6. The molecule has 0 radical (unpaired) electrons. The lowest BCUT2D eigenvalue weighted by molar-refractivity contribution is -0.131. The smallest absolute Gasteiger partial charge is 0.242 e. The highest BCUT2D eigenvalue weighted by molar-refractivity contribution is 7.39. The van der Waals surface area contributed by atoms with Crippen LogP contribution < -0.4 is 10.6 Å². The maximum atomic E-state index is 12.6. The summed E-state index contributed by atoms with van der Waals surface area (Å²) in [7, 11) is -0.667. The minimum Gasteiger partial charge on any atom is -0.357 e. The van der Waals surface area contributed by atoms with E-state index in [0.717, 1.165) is 0 Å². The third kappa shape index (κ3) is 9.77. The van der Waals surface area contributed by atoms with Gasteiger partial charge in [-0.15, -0.1) is 0 Å². The second-order valence-corrected chi connectivity index (χ2v) is 8.08. The first-order chi connectivity index (χ1) is 10.7. The van der Waals surface area contributed by atoms with Crippen LogP contribution in [0.1, 0.15) is 47.5 Å². The Kier molecular flexibility index (Phi) is 11.2. The van der Waals surface area contributed by atoms with Gasteiger partial charge in [-0.25, -0.2) is 0 Å². The van der Waals surface area contributed by atoms with Crippen molar-refractivity contribution in [3.63, 3.8) is 0 Å². The fraction of sp³-hybridized carbons (Fsp3) is 0.875. The number of rotatable bonds is 11. The Bertz CT molecular complexity index is 400. The average molecular weight is 348 g/mol. The molecule has 2 amide bonds. The zero-order valence-electron chi connectivity index (χ0n) is 15.3. The fourth-order valence-corrected chi connectivity index (χ4v) is 3.63. The molecule has 136 valence electrons. The number of amides is 2. The first-order valence-corrected chi connectivity index (χ1v) is 9.91. The number of likely N-dealkylation sites (N-methyl/N-ethyl adjacent to an activating group) is 1. The largest absolute Gasteiger partial charge is 0.357 e. The van der Waals surface area contributed by atoms with Gasteiger partial charge >= 0.3 is 0 Å². The lowest BCUT2D eigenvalue weighted by Gasteiger charge is -2.23. The average Bonchev–Trinajstić information content (AvgIpc) is 2.44. The molecule has 0 rings (SSSR count). The van der Waals surface area contributed by atoms with Gasteiger partial charge in [-0.2, -0.15) is 0 Å². The Morgan fingerprint density at radius 1 is 1.04 bits per heavy atom. The molecule has 7 heteroatoms. The van der Waals surface area contributed by atoms with Crippen molar-refractivity contribution >= 4 is 19.8 Å². The monoisotopic (exact) mass is 348 g/mol. The van der Waals surface area contributed by atoms with Gasteiger partial charge in [0.05, 0.1) is 6.61 Å². The molecule has 0 aromatic rings. The van der Waals surface area contributed by atoms with Gasteiger partial charge < -0.3 is 15.2 Å². The summed E-state index contributed by atoms with van der Waals surface area (Å²) in [5.41, 5.74) is 0. The van der Waals surface area contributed by atoms with Crippen LogP contribution in [-0.2, 0) is 18.7 Å². The number of nitrogens with one attached hydrogen (secondary N) is 2. The Labute approximate surface area is 141 Å². The van der Waals surface area contributed by atoms with E-state index in [4.69, 9.17) is 4.52 Å². The quantitative estimate of drug-likeness (QED) is 0.562. The van der Waals surface area contributed by atoms with Crippen molar-refractivity contribution < 1.29 is 18.7 Å². The lowest BCUT2D eigenvalue weighted by Crippen LogP contribution is -2.48. The van der Waals surface area contributed by atoms with Crippen LogP contribution in [0.2, 0.25) is 0 Å². The molecule has 0 aromatic carbocycles. The van der Waals surface area contributed by atoms with Crippen LogP contribution in [-0.4, -0.2) is 37.7 Å². The predicted molar refractivity (Wildman–Crippen MR) is 93.9 cm³/mol. The van der Waals surface area contributed by atoms with Crippen molar-refractivity contribution in [2.75, 3.05) is 19.8 Å². The van der Waals surface area contributed by atoms with E-state index < -0.39 is 20.0 Å². The van der Waals surface area contributed by atoms with E-state index in [9.17, 15) is 14.2 Å². The minimum absolute atomic E-state index is 0.201. The Balaban J connectivity index is 4.95. The summed E-state index contributed by atoms with van der Waals surface area (Å²) in [5.74, 6) is -0.236. The molecule has 2 N–H and O–H groups in total. The van der Waals surface area contributed by atoms with Crippen molar-refractivity contribution in [2.24, 2.45) is 17.8 Å². The standard InChI is InChI=1S/C16H33N2O4P/c1-7-22-23(21)10-13(8-11(2)3)15(19)18-14(9-12(4)5)16(20)17-6/h11-14,23H,7-10H2,1-6H3,(H,17,20)(H,18,19)/t13?,14-/m0/s1. The van der Waals surface area contributed by atoms with Crippen molar-refractivity contribution in [3.05, 3.63) is 0 Å². The molecule has 2 unspecified atom stereocenters. The van der Waals surface area contributed by atoms with Gasteiger partial charge in [0.2, 0.25) is 11.8 Å². The molecular formula is C16H33N2O4P. The van der Waals surface area contributed by atoms with Gasteiger partial charge in [0.1, 0.15) is 6.04 Å². The number of hydrogen-bond donors (Lipinski definition) is 2. The normalized spacial score (nSPS) is 15.3. The molecule has 0 saturated carbocycles. The van der Waals surface area contributed by atoms with Crippen LogP contribution >= 0.6 is 8.03 Å². The fourth-order valence-electron chi connectivity index (χ4n) is 2.44. The summed E-state index contributed by atoms with van der Waals surface area (Å²) in [6.07, 6.45) is 1.42. The van der Waals surface area contributed by atoms with E-state index in [1.165, 1.54) is 0 Å². The van der Waals surface area contributed by atoms with Gasteiger partial charge in [-0.1, -0.05) is 27.7 Å². The highest BCUT2D eigenvalue weighted by atomic mass is 31.1. The van der Waals surface area contributed by atoms with E-state index in [2.05, 4.69) is 10.6 Å². The van der Waals surface area contributed by atoms with Gasteiger partial charge in [-0.05, 0) is 31.6 Å². The summed E-state index contributed by atoms with van der Waals surface area (Å²) >= 11 is 0. The number of carbonyl (C=O) groups excluding carboxylic acids is 2. The van der Waals surface area contributed by atoms with Crippen molar-refractivity contribution in [2.45, 2.75) is 53.5 Å². The predicted octanol–water partition coefficient (Wildman–Crippen LogP) is 2.44. The van der Waals surface area contributed by atoms with E-state index >= 15 is 0 Å². The molecule has 0 fully saturated rings. The summed E-state index contributed by atoms with van der Waals surface area (Å²) < 4.78 is 17.0. The van der Waals surface area contributed by atoms with Gasteiger partial charge in [0, 0.05) is 19.1 Å². The summed E-state index contributed by atoms with van der Waals surface area (Å²) in [5, 5.41) is 5.41. The van der Waals surface area contributed by atoms with Gasteiger partial charge in [0.25, 0.3) is 0 Å². The van der Waals surface area contributed by atoms with Crippen molar-refractivity contribution in [1.82, 2.24) is 10.6 Å². The maximum absolute atomic E-state index is 12.6. The molecule has 0 aromatic heterocycles. The highest BCUT2D eigenvalue weighted by Crippen LogP contribution is 2.28. The lowest BCUT2D eigenvalue weighted by atomic mass is 9.96. The number of hydrogen-bond acceptors (Lipinski definition) is 4. The van der Waals surface area contributed by atoms with Crippen molar-refractivity contribution in [3.8, 4) is 0 Å². The zero-order chi connectivity index (χ0) is 18.0. The molecule has 0 saturated heterocycles. The van der Waals surface area contributed by atoms with Gasteiger partial charge in [-0.3, -0.25) is 14.2 Å². The van der Waals surface area contributed by atoms with E-state index in [0.29, 0.717) is 25.4 Å². The first-order valence-electron chi connectivity index (χ1n) is 8.38. The zero-order valence-corrected chi connectivity index (χ0v) is 16.3.